The Morgan fingerprint density at radius 1 is 1.60 bits per heavy atom. The number of aromatic nitrogens is 1. The molecule has 80 valence electrons. The number of pyridine rings is 1. The zero-order chi connectivity index (χ0) is 10.5. The Bertz CT molecular complexity index is 320. The van der Waals surface area contributed by atoms with Gasteiger partial charge >= 0.3 is 0 Å². The average Bonchev–Trinajstić information content (AvgIpc) is 2.81. The first kappa shape index (κ1) is 10.1. The van der Waals surface area contributed by atoms with Crippen LogP contribution in [-0.4, -0.2) is 24.0 Å². The SMILES string of the molecule is O=C(NCc1ccccn1)[C@H]1CCNC1. The normalized spacial score (nSPS) is 20.1. The Hall–Kier alpha value is -1.42. The smallest absolute Gasteiger partial charge is 0.224 e. The monoisotopic (exact) mass is 205 g/mol. The maximum absolute atomic E-state index is 11.6. The third-order valence-electron chi connectivity index (χ3n) is 2.60. The predicted octanol–water partition coefficient (Wildman–Crippen LogP) is 0.307. The van der Waals surface area contributed by atoms with Gasteiger partial charge in [0.05, 0.1) is 18.2 Å². The third kappa shape index (κ3) is 2.76. The summed E-state index contributed by atoms with van der Waals surface area (Å²) in [7, 11) is 0. The molecule has 1 amide bonds. The number of carbonyl (C=O) groups excluding carboxylic acids is 1. The van der Waals surface area contributed by atoms with Gasteiger partial charge in [0.1, 0.15) is 0 Å². The molecule has 0 unspecified atom stereocenters. The minimum absolute atomic E-state index is 0.130. The van der Waals surface area contributed by atoms with E-state index in [0.717, 1.165) is 25.2 Å². The van der Waals surface area contributed by atoms with Gasteiger partial charge in [0.2, 0.25) is 5.91 Å². The van der Waals surface area contributed by atoms with Gasteiger partial charge in [0.25, 0.3) is 0 Å². The molecule has 2 rings (SSSR count). The minimum atomic E-state index is 0.130. The molecule has 15 heavy (non-hydrogen) atoms. The van der Waals surface area contributed by atoms with Crippen molar-refractivity contribution in [3.63, 3.8) is 0 Å². The lowest BCUT2D eigenvalue weighted by atomic mass is 10.1. The average molecular weight is 205 g/mol. The molecule has 0 radical (unpaired) electrons. The largest absolute Gasteiger partial charge is 0.350 e. The van der Waals surface area contributed by atoms with Crippen LogP contribution >= 0.6 is 0 Å². The van der Waals surface area contributed by atoms with Crippen molar-refractivity contribution in [2.75, 3.05) is 13.1 Å². The molecule has 2 heterocycles. The van der Waals surface area contributed by atoms with E-state index >= 15 is 0 Å². The van der Waals surface area contributed by atoms with Crippen LogP contribution in [0.1, 0.15) is 12.1 Å². The van der Waals surface area contributed by atoms with Gasteiger partial charge in [0, 0.05) is 12.7 Å². The summed E-state index contributed by atoms with van der Waals surface area (Å²) in [6, 6.07) is 5.70. The summed E-state index contributed by atoms with van der Waals surface area (Å²) in [6.45, 7) is 2.27. The molecule has 1 aromatic heterocycles. The third-order valence-corrected chi connectivity index (χ3v) is 2.60. The van der Waals surface area contributed by atoms with Crippen molar-refractivity contribution >= 4 is 5.91 Å². The first-order chi connectivity index (χ1) is 7.36. The molecule has 0 aromatic carbocycles. The molecular weight excluding hydrogens is 190 g/mol. The fraction of sp³-hybridized carbons (Fsp3) is 0.455. The summed E-state index contributed by atoms with van der Waals surface area (Å²) >= 11 is 0. The van der Waals surface area contributed by atoms with Crippen molar-refractivity contribution in [3.8, 4) is 0 Å². The van der Waals surface area contributed by atoms with E-state index in [0.29, 0.717) is 6.54 Å². The van der Waals surface area contributed by atoms with Gasteiger partial charge in [-0.15, -0.1) is 0 Å². The molecule has 1 aromatic rings. The summed E-state index contributed by atoms with van der Waals surface area (Å²) in [5.41, 5.74) is 0.900. The van der Waals surface area contributed by atoms with Crippen LogP contribution in [0.5, 0.6) is 0 Å². The van der Waals surface area contributed by atoms with E-state index in [4.69, 9.17) is 0 Å². The summed E-state index contributed by atoms with van der Waals surface area (Å²) < 4.78 is 0. The van der Waals surface area contributed by atoms with Gasteiger partial charge < -0.3 is 10.6 Å². The number of nitrogens with zero attached hydrogens (tertiary/aromatic N) is 1. The van der Waals surface area contributed by atoms with Crippen molar-refractivity contribution in [1.29, 1.82) is 0 Å². The van der Waals surface area contributed by atoms with Crippen molar-refractivity contribution in [2.24, 2.45) is 5.92 Å². The van der Waals surface area contributed by atoms with E-state index in [-0.39, 0.29) is 11.8 Å². The van der Waals surface area contributed by atoms with Crippen LogP contribution in [0.4, 0.5) is 0 Å². The summed E-state index contributed by atoms with van der Waals surface area (Å²) in [4.78, 5) is 15.8. The van der Waals surface area contributed by atoms with Gasteiger partial charge in [0.15, 0.2) is 0 Å². The quantitative estimate of drug-likeness (QED) is 0.746. The first-order valence-corrected chi connectivity index (χ1v) is 5.24. The molecule has 0 saturated carbocycles. The maximum Gasteiger partial charge on any atom is 0.224 e. The van der Waals surface area contributed by atoms with E-state index in [9.17, 15) is 4.79 Å². The molecular formula is C11H15N3O. The van der Waals surface area contributed by atoms with Crippen molar-refractivity contribution < 1.29 is 4.79 Å². The highest BCUT2D eigenvalue weighted by Gasteiger charge is 2.21. The number of amides is 1. The lowest BCUT2D eigenvalue weighted by Crippen LogP contribution is -2.31. The molecule has 0 aliphatic carbocycles. The standard InChI is InChI=1S/C11H15N3O/c15-11(9-4-6-12-7-9)14-8-10-3-1-2-5-13-10/h1-3,5,9,12H,4,6-8H2,(H,14,15)/t9-/m0/s1. The zero-order valence-electron chi connectivity index (χ0n) is 8.57. The minimum Gasteiger partial charge on any atom is -0.350 e. The second kappa shape index (κ2) is 4.89. The fourth-order valence-electron chi connectivity index (χ4n) is 1.70. The molecule has 0 bridgehead atoms. The van der Waals surface area contributed by atoms with Crippen molar-refractivity contribution in [1.82, 2.24) is 15.6 Å². The molecule has 4 nitrogen and oxygen atoms in total. The maximum atomic E-state index is 11.6. The summed E-state index contributed by atoms with van der Waals surface area (Å²) in [5, 5.41) is 6.07. The van der Waals surface area contributed by atoms with E-state index < -0.39 is 0 Å². The molecule has 1 saturated heterocycles. The Kier molecular flexibility index (Phi) is 3.29. The van der Waals surface area contributed by atoms with Crippen LogP contribution in [0.15, 0.2) is 24.4 Å². The molecule has 1 aliphatic heterocycles. The van der Waals surface area contributed by atoms with Gasteiger partial charge in [-0.1, -0.05) is 6.07 Å². The number of rotatable bonds is 3. The molecule has 0 spiro atoms. The van der Waals surface area contributed by atoms with Gasteiger partial charge in [-0.25, -0.2) is 0 Å². The van der Waals surface area contributed by atoms with Gasteiger partial charge in [-0.2, -0.15) is 0 Å². The molecule has 1 aliphatic rings. The van der Waals surface area contributed by atoms with Gasteiger partial charge in [-0.3, -0.25) is 9.78 Å². The number of carbonyl (C=O) groups is 1. The predicted molar refractivity (Wildman–Crippen MR) is 57.1 cm³/mol. The summed E-state index contributed by atoms with van der Waals surface area (Å²) in [5.74, 6) is 0.263. The fourth-order valence-corrected chi connectivity index (χ4v) is 1.70. The van der Waals surface area contributed by atoms with Crippen molar-refractivity contribution in [2.45, 2.75) is 13.0 Å². The van der Waals surface area contributed by atoms with Crippen LogP contribution in [0.3, 0.4) is 0 Å². The van der Waals surface area contributed by atoms with Crippen LogP contribution in [0, 0.1) is 5.92 Å². The lowest BCUT2D eigenvalue weighted by Gasteiger charge is -2.08. The van der Waals surface area contributed by atoms with Crippen LogP contribution in [-0.2, 0) is 11.3 Å². The Morgan fingerprint density at radius 3 is 3.20 bits per heavy atom. The number of hydrogen-bond acceptors (Lipinski definition) is 3. The molecule has 1 atom stereocenters. The second-order valence-electron chi connectivity index (χ2n) is 3.73. The zero-order valence-corrected chi connectivity index (χ0v) is 8.57. The first-order valence-electron chi connectivity index (χ1n) is 5.24. The number of nitrogens with one attached hydrogen (secondary N) is 2. The highest BCUT2D eigenvalue weighted by Crippen LogP contribution is 2.07. The molecule has 4 heteroatoms. The lowest BCUT2D eigenvalue weighted by molar-refractivity contribution is -0.124. The van der Waals surface area contributed by atoms with Crippen LogP contribution in [0.2, 0.25) is 0 Å². The van der Waals surface area contributed by atoms with Crippen LogP contribution < -0.4 is 10.6 Å². The topological polar surface area (TPSA) is 54.0 Å². The highest BCUT2D eigenvalue weighted by molar-refractivity contribution is 5.79. The van der Waals surface area contributed by atoms with Crippen LogP contribution in [0.25, 0.3) is 0 Å². The second-order valence-corrected chi connectivity index (χ2v) is 3.73. The molecule has 2 N–H and O–H groups in total. The summed E-state index contributed by atoms with van der Waals surface area (Å²) in [6.07, 6.45) is 2.67. The van der Waals surface area contributed by atoms with E-state index in [1.807, 2.05) is 18.2 Å². The number of hydrogen-bond donors (Lipinski definition) is 2. The van der Waals surface area contributed by atoms with E-state index in [1.165, 1.54) is 0 Å². The highest BCUT2D eigenvalue weighted by atomic mass is 16.1. The Morgan fingerprint density at radius 2 is 2.53 bits per heavy atom. The van der Waals surface area contributed by atoms with Crippen molar-refractivity contribution in [3.05, 3.63) is 30.1 Å². The van der Waals surface area contributed by atoms with E-state index in [1.54, 1.807) is 6.20 Å². The Labute approximate surface area is 89.1 Å². The Balaban J connectivity index is 1.80. The van der Waals surface area contributed by atoms with Gasteiger partial charge in [-0.05, 0) is 25.1 Å². The van der Waals surface area contributed by atoms with E-state index in [2.05, 4.69) is 15.6 Å². The molecule has 1 fully saturated rings.